The third-order valence-corrected chi connectivity index (χ3v) is 5.82. The van der Waals surface area contributed by atoms with Gasteiger partial charge in [0.05, 0.1) is 5.69 Å². The Balaban J connectivity index is 1.66. The number of hydrogen-bond acceptors (Lipinski definition) is 2. The molecule has 2 heteroatoms. The van der Waals surface area contributed by atoms with E-state index >= 15 is 0 Å². The van der Waals surface area contributed by atoms with Crippen LogP contribution in [0.5, 0.6) is 0 Å². The van der Waals surface area contributed by atoms with Crippen LogP contribution in [-0.4, -0.2) is 0 Å². The first-order valence-corrected chi connectivity index (χ1v) is 10.8. The lowest BCUT2D eigenvalue weighted by Crippen LogP contribution is -2.03. The molecule has 0 heterocycles. The van der Waals surface area contributed by atoms with Crippen LogP contribution in [-0.2, 0) is 6.54 Å². The largest absolute Gasteiger partial charge is 0.381 e. The molecule has 152 valence electrons. The topological polar surface area (TPSA) is 24.1 Å². The van der Waals surface area contributed by atoms with Crippen LogP contribution in [0.4, 0.5) is 17.1 Å². The molecule has 0 saturated carbocycles. The molecule has 0 aliphatic rings. The summed E-state index contributed by atoms with van der Waals surface area (Å²) in [6.07, 6.45) is 0. The quantitative estimate of drug-likeness (QED) is 0.291. The fourth-order valence-corrected chi connectivity index (χ4v) is 4.36. The molecule has 0 aliphatic heterocycles. The van der Waals surface area contributed by atoms with Crippen molar-refractivity contribution in [1.82, 2.24) is 0 Å². The van der Waals surface area contributed by atoms with Gasteiger partial charge in [0.1, 0.15) is 0 Å². The molecule has 5 aromatic carbocycles. The molecule has 5 aromatic rings. The number of fused-ring (bicyclic) bond motifs is 2. The Hall–Kier alpha value is -3.78. The standard InChI is InChI=1S/C29H26N2/c1-20-9-7-11-22(17-20)30-19-28-24-13-3-5-15-26(24)29(27-16-6-4-14-25(27)28)31-23-12-8-10-21(2)18-23/h3-18,30-31H,19H2,1-2H3. The van der Waals surface area contributed by atoms with E-state index in [1.807, 2.05) is 0 Å². The van der Waals surface area contributed by atoms with E-state index in [4.69, 9.17) is 0 Å². The molecule has 0 unspecified atom stereocenters. The zero-order valence-corrected chi connectivity index (χ0v) is 17.9. The Bertz CT molecular complexity index is 1330. The average molecular weight is 403 g/mol. The molecular weight excluding hydrogens is 376 g/mol. The first-order chi connectivity index (χ1) is 15.2. The lowest BCUT2D eigenvalue weighted by Gasteiger charge is -2.19. The lowest BCUT2D eigenvalue weighted by molar-refractivity contribution is 1.18. The van der Waals surface area contributed by atoms with E-state index in [-0.39, 0.29) is 0 Å². The van der Waals surface area contributed by atoms with E-state index in [1.54, 1.807) is 0 Å². The summed E-state index contributed by atoms with van der Waals surface area (Å²) in [6.45, 7) is 5.03. The van der Waals surface area contributed by atoms with Crippen LogP contribution < -0.4 is 10.6 Å². The third kappa shape index (κ3) is 3.85. The van der Waals surface area contributed by atoms with Crippen LogP contribution >= 0.6 is 0 Å². The highest BCUT2D eigenvalue weighted by molar-refractivity contribution is 6.14. The molecule has 0 fully saturated rings. The van der Waals surface area contributed by atoms with Crippen molar-refractivity contribution in [2.45, 2.75) is 20.4 Å². The zero-order valence-electron chi connectivity index (χ0n) is 17.9. The predicted octanol–water partition coefficient (Wildman–Crippen LogP) is 7.97. The third-order valence-electron chi connectivity index (χ3n) is 5.82. The van der Waals surface area contributed by atoms with Crippen molar-refractivity contribution in [3.63, 3.8) is 0 Å². The van der Waals surface area contributed by atoms with Crippen LogP contribution in [0, 0.1) is 13.8 Å². The van der Waals surface area contributed by atoms with Gasteiger partial charge in [-0.2, -0.15) is 0 Å². The Morgan fingerprint density at radius 3 is 1.65 bits per heavy atom. The van der Waals surface area contributed by atoms with Gasteiger partial charge in [-0.25, -0.2) is 0 Å². The SMILES string of the molecule is Cc1cccc(NCc2c3ccccc3c(Nc3cccc(C)c3)c3ccccc23)c1. The minimum Gasteiger partial charge on any atom is -0.381 e. The number of anilines is 3. The Morgan fingerprint density at radius 1 is 0.548 bits per heavy atom. The van der Waals surface area contributed by atoms with Crippen molar-refractivity contribution in [3.8, 4) is 0 Å². The molecule has 5 rings (SSSR count). The number of aryl methyl sites for hydroxylation is 2. The van der Waals surface area contributed by atoms with Crippen molar-refractivity contribution in [2.75, 3.05) is 10.6 Å². The second kappa shape index (κ2) is 8.16. The lowest BCUT2D eigenvalue weighted by atomic mass is 9.94. The Morgan fingerprint density at radius 2 is 1.06 bits per heavy atom. The number of nitrogens with one attached hydrogen (secondary N) is 2. The highest BCUT2D eigenvalue weighted by Gasteiger charge is 2.14. The monoisotopic (exact) mass is 402 g/mol. The predicted molar refractivity (Wildman–Crippen MR) is 134 cm³/mol. The van der Waals surface area contributed by atoms with E-state index in [1.165, 1.54) is 38.2 Å². The highest BCUT2D eigenvalue weighted by atomic mass is 14.9. The fraction of sp³-hybridized carbons (Fsp3) is 0.103. The Labute approximate surface area is 183 Å². The highest BCUT2D eigenvalue weighted by Crippen LogP contribution is 2.38. The molecule has 2 nitrogen and oxygen atoms in total. The maximum atomic E-state index is 3.72. The van der Waals surface area contributed by atoms with Gasteiger partial charge in [-0.3, -0.25) is 0 Å². The second-order valence-electron chi connectivity index (χ2n) is 8.16. The summed E-state index contributed by atoms with van der Waals surface area (Å²) in [7, 11) is 0. The minimum atomic E-state index is 0.773. The molecule has 0 spiro atoms. The summed E-state index contributed by atoms with van der Waals surface area (Å²) >= 11 is 0. The van der Waals surface area contributed by atoms with Gasteiger partial charge in [-0.15, -0.1) is 0 Å². The zero-order chi connectivity index (χ0) is 21.2. The molecule has 0 saturated heterocycles. The van der Waals surface area contributed by atoms with Gasteiger partial charge in [0.2, 0.25) is 0 Å². The number of benzene rings is 5. The van der Waals surface area contributed by atoms with E-state index in [2.05, 4.69) is 122 Å². The molecule has 0 bridgehead atoms. The summed E-state index contributed by atoms with van der Waals surface area (Å²) in [5.41, 5.74) is 7.25. The second-order valence-corrected chi connectivity index (χ2v) is 8.16. The molecule has 0 radical (unpaired) electrons. The van der Waals surface area contributed by atoms with Gasteiger partial charge in [0.25, 0.3) is 0 Å². The van der Waals surface area contributed by atoms with Crippen molar-refractivity contribution in [3.05, 3.63) is 114 Å². The molecule has 0 atom stereocenters. The first-order valence-electron chi connectivity index (χ1n) is 10.8. The maximum absolute atomic E-state index is 3.72. The van der Waals surface area contributed by atoms with Gasteiger partial charge in [-0.1, -0.05) is 72.8 Å². The van der Waals surface area contributed by atoms with Crippen LogP contribution in [0.15, 0.2) is 97.1 Å². The van der Waals surface area contributed by atoms with Gasteiger partial charge in [0, 0.05) is 28.7 Å². The van der Waals surface area contributed by atoms with E-state index in [0.29, 0.717) is 0 Å². The van der Waals surface area contributed by atoms with Crippen LogP contribution in [0.1, 0.15) is 16.7 Å². The summed E-state index contributed by atoms with van der Waals surface area (Å²) in [6, 6.07) is 34.5. The van der Waals surface area contributed by atoms with E-state index in [9.17, 15) is 0 Å². The fourth-order valence-electron chi connectivity index (χ4n) is 4.36. The summed E-state index contributed by atoms with van der Waals surface area (Å²) < 4.78 is 0. The Kier molecular flexibility index (Phi) is 5.05. The van der Waals surface area contributed by atoms with Crippen LogP contribution in [0.2, 0.25) is 0 Å². The van der Waals surface area contributed by atoms with Crippen molar-refractivity contribution >= 4 is 38.6 Å². The molecular formula is C29H26N2. The smallest absolute Gasteiger partial charge is 0.0543 e. The number of hydrogen-bond donors (Lipinski definition) is 2. The van der Waals surface area contributed by atoms with Gasteiger partial charge in [0.15, 0.2) is 0 Å². The number of rotatable bonds is 5. The van der Waals surface area contributed by atoms with Gasteiger partial charge < -0.3 is 10.6 Å². The molecule has 31 heavy (non-hydrogen) atoms. The summed E-state index contributed by atoms with van der Waals surface area (Å²) in [4.78, 5) is 0. The first kappa shape index (κ1) is 19.2. The van der Waals surface area contributed by atoms with Gasteiger partial charge in [-0.05, 0) is 65.6 Å². The molecule has 2 N–H and O–H groups in total. The van der Waals surface area contributed by atoms with Crippen molar-refractivity contribution in [1.29, 1.82) is 0 Å². The van der Waals surface area contributed by atoms with Crippen LogP contribution in [0.25, 0.3) is 21.5 Å². The van der Waals surface area contributed by atoms with E-state index < -0.39 is 0 Å². The van der Waals surface area contributed by atoms with Gasteiger partial charge >= 0.3 is 0 Å². The molecule has 0 amide bonds. The summed E-state index contributed by atoms with van der Waals surface area (Å²) in [5.74, 6) is 0. The molecule has 0 aromatic heterocycles. The normalized spacial score (nSPS) is 11.0. The molecule has 0 aliphatic carbocycles. The van der Waals surface area contributed by atoms with Crippen molar-refractivity contribution < 1.29 is 0 Å². The average Bonchev–Trinajstić information content (AvgIpc) is 2.79. The summed E-state index contributed by atoms with van der Waals surface area (Å²) in [5, 5.41) is 12.4. The van der Waals surface area contributed by atoms with Crippen LogP contribution in [0.3, 0.4) is 0 Å². The van der Waals surface area contributed by atoms with E-state index in [0.717, 1.165) is 23.6 Å². The minimum absolute atomic E-state index is 0.773. The van der Waals surface area contributed by atoms with Crippen molar-refractivity contribution in [2.24, 2.45) is 0 Å². The maximum Gasteiger partial charge on any atom is 0.0543 e.